The first kappa shape index (κ1) is 21.1. The lowest BCUT2D eigenvalue weighted by atomic mass is 10.2. The fourth-order valence-electron chi connectivity index (χ4n) is 2.74. The number of nitrogens with one attached hydrogen (secondary N) is 2. The lowest BCUT2D eigenvalue weighted by Crippen LogP contribution is -2.37. The van der Waals surface area contributed by atoms with Crippen molar-refractivity contribution in [1.82, 2.24) is 14.9 Å². The van der Waals surface area contributed by atoms with Crippen molar-refractivity contribution in [3.05, 3.63) is 17.0 Å². The van der Waals surface area contributed by atoms with Gasteiger partial charge in [0.1, 0.15) is 4.21 Å². The van der Waals surface area contributed by atoms with E-state index < -0.39 is 10.0 Å². The third-order valence-corrected chi connectivity index (χ3v) is 7.61. The van der Waals surface area contributed by atoms with Crippen LogP contribution in [0, 0.1) is 0 Å². The first-order valence-corrected chi connectivity index (χ1v) is 11.4. The van der Waals surface area contributed by atoms with Crippen LogP contribution in [0.25, 0.3) is 0 Å². The van der Waals surface area contributed by atoms with Gasteiger partial charge in [0, 0.05) is 44.8 Å². The van der Waals surface area contributed by atoms with Crippen LogP contribution in [0.4, 0.5) is 0 Å². The Morgan fingerprint density at radius 1 is 1.27 bits per heavy atom. The molecular formula is C17H30N4O3S2. The van der Waals surface area contributed by atoms with Gasteiger partial charge in [0.2, 0.25) is 0 Å². The van der Waals surface area contributed by atoms with Crippen molar-refractivity contribution in [3.63, 3.8) is 0 Å². The van der Waals surface area contributed by atoms with E-state index in [0.29, 0.717) is 29.8 Å². The Morgan fingerprint density at radius 2 is 2.04 bits per heavy atom. The average molecular weight is 403 g/mol. The molecule has 2 N–H and O–H groups in total. The molecule has 1 fully saturated rings. The van der Waals surface area contributed by atoms with E-state index in [1.54, 1.807) is 17.4 Å². The van der Waals surface area contributed by atoms with E-state index in [4.69, 9.17) is 4.74 Å². The van der Waals surface area contributed by atoms with E-state index in [1.807, 2.05) is 13.0 Å². The summed E-state index contributed by atoms with van der Waals surface area (Å²) in [6, 6.07) is 3.58. The number of aliphatic imine (C=N–C) groups is 1. The fraction of sp³-hybridized carbons (Fsp3) is 0.706. The molecule has 0 radical (unpaired) electrons. The molecule has 1 saturated heterocycles. The molecule has 9 heteroatoms. The van der Waals surface area contributed by atoms with Gasteiger partial charge >= 0.3 is 0 Å². The van der Waals surface area contributed by atoms with Crippen molar-refractivity contribution >= 4 is 27.3 Å². The van der Waals surface area contributed by atoms with Crippen LogP contribution in [0.5, 0.6) is 0 Å². The molecule has 2 rings (SSSR count). The molecular weight excluding hydrogens is 372 g/mol. The van der Waals surface area contributed by atoms with Crippen LogP contribution in [0.1, 0.15) is 37.5 Å². The first-order chi connectivity index (χ1) is 12.6. The summed E-state index contributed by atoms with van der Waals surface area (Å²) < 4.78 is 32.7. The molecule has 0 bridgehead atoms. The van der Waals surface area contributed by atoms with Crippen molar-refractivity contribution in [1.29, 1.82) is 0 Å². The van der Waals surface area contributed by atoms with Gasteiger partial charge in [-0.05, 0) is 38.3 Å². The van der Waals surface area contributed by atoms with Crippen molar-refractivity contribution in [2.75, 3.05) is 39.9 Å². The molecule has 2 heterocycles. The molecule has 1 aromatic heterocycles. The van der Waals surface area contributed by atoms with Crippen LogP contribution in [0.3, 0.4) is 0 Å². The van der Waals surface area contributed by atoms with E-state index in [-0.39, 0.29) is 0 Å². The number of sulfonamides is 1. The third-order valence-electron chi connectivity index (χ3n) is 4.16. The predicted molar refractivity (Wildman–Crippen MR) is 106 cm³/mol. The Hall–Kier alpha value is -1.16. The Morgan fingerprint density at radius 3 is 2.73 bits per heavy atom. The standard InChI is InChI=1S/C17H30N4O3S2/c1-3-24-13-7-10-19-17(18-2)20-14-15-8-9-16(25-15)26(22,23)21-11-5-4-6-12-21/h8-9H,3-7,10-14H2,1-2H3,(H2,18,19,20). The Kier molecular flexibility index (Phi) is 8.83. The summed E-state index contributed by atoms with van der Waals surface area (Å²) in [7, 11) is -1.62. The monoisotopic (exact) mass is 402 g/mol. The first-order valence-electron chi connectivity index (χ1n) is 9.19. The van der Waals surface area contributed by atoms with E-state index in [1.165, 1.54) is 11.3 Å². The largest absolute Gasteiger partial charge is 0.382 e. The van der Waals surface area contributed by atoms with Crippen molar-refractivity contribution in [2.24, 2.45) is 4.99 Å². The molecule has 0 amide bonds. The summed E-state index contributed by atoms with van der Waals surface area (Å²) >= 11 is 1.33. The van der Waals surface area contributed by atoms with Gasteiger partial charge in [0.25, 0.3) is 10.0 Å². The van der Waals surface area contributed by atoms with Gasteiger partial charge in [-0.25, -0.2) is 8.42 Å². The highest BCUT2D eigenvalue weighted by atomic mass is 32.2. The predicted octanol–water partition coefficient (Wildman–Crippen LogP) is 2.01. The van der Waals surface area contributed by atoms with Crippen LogP contribution in [-0.4, -0.2) is 58.6 Å². The number of ether oxygens (including phenoxy) is 1. The summed E-state index contributed by atoms with van der Waals surface area (Å²) in [5.74, 6) is 0.704. The number of piperidine rings is 1. The highest BCUT2D eigenvalue weighted by molar-refractivity contribution is 7.91. The maximum atomic E-state index is 12.7. The number of guanidine groups is 1. The molecule has 0 spiro atoms. The quantitative estimate of drug-likeness (QED) is 0.375. The van der Waals surface area contributed by atoms with Crippen LogP contribution in [-0.2, 0) is 21.3 Å². The van der Waals surface area contributed by atoms with Gasteiger partial charge < -0.3 is 15.4 Å². The van der Waals surface area contributed by atoms with Gasteiger partial charge in [-0.3, -0.25) is 4.99 Å². The minimum atomic E-state index is -3.34. The van der Waals surface area contributed by atoms with E-state index in [0.717, 1.165) is 50.3 Å². The van der Waals surface area contributed by atoms with Crippen molar-refractivity contribution in [3.8, 4) is 0 Å². The molecule has 0 unspecified atom stereocenters. The molecule has 0 atom stereocenters. The highest BCUT2D eigenvalue weighted by Crippen LogP contribution is 2.26. The van der Waals surface area contributed by atoms with Crippen LogP contribution < -0.4 is 10.6 Å². The van der Waals surface area contributed by atoms with Gasteiger partial charge in [0.05, 0.1) is 6.54 Å². The van der Waals surface area contributed by atoms with Crippen LogP contribution >= 0.6 is 11.3 Å². The minimum absolute atomic E-state index is 0.427. The number of nitrogens with zero attached hydrogens (tertiary/aromatic N) is 2. The smallest absolute Gasteiger partial charge is 0.252 e. The van der Waals surface area contributed by atoms with E-state index in [2.05, 4.69) is 15.6 Å². The normalized spacial score (nSPS) is 16.6. The lowest BCUT2D eigenvalue weighted by Gasteiger charge is -2.25. The molecule has 26 heavy (non-hydrogen) atoms. The molecule has 7 nitrogen and oxygen atoms in total. The topological polar surface area (TPSA) is 83.0 Å². The van der Waals surface area contributed by atoms with E-state index >= 15 is 0 Å². The summed E-state index contributed by atoms with van der Waals surface area (Å²) in [4.78, 5) is 5.15. The Labute approximate surface area is 160 Å². The summed E-state index contributed by atoms with van der Waals surface area (Å²) in [5.41, 5.74) is 0. The molecule has 0 saturated carbocycles. The third kappa shape index (κ3) is 6.22. The zero-order chi connectivity index (χ0) is 18.8. The molecule has 0 aliphatic carbocycles. The van der Waals surface area contributed by atoms with Gasteiger partial charge in [0.15, 0.2) is 5.96 Å². The lowest BCUT2D eigenvalue weighted by molar-refractivity contribution is 0.145. The van der Waals surface area contributed by atoms with Crippen molar-refractivity contribution in [2.45, 2.75) is 43.4 Å². The second-order valence-corrected chi connectivity index (χ2v) is 9.42. The summed E-state index contributed by atoms with van der Waals surface area (Å²) in [6.45, 7) is 6.02. The maximum Gasteiger partial charge on any atom is 0.252 e. The zero-order valence-electron chi connectivity index (χ0n) is 15.7. The number of hydrogen-bond acceptors (Lipinski definition) is 5. The molecule has 148 valence electrons. The summed E-state index contributed by atoms with van der Waals surface area (Å²) in [6.07, 6.45) is 3.92. The molecule has 1 aliphatic rings. The minimum Gasteiger partial charge on any atom is -0.382 e. The second kappa shape index (κ2) is 10.9. The van der Waals surface area contributed by atoms with Crippen molar-refractivity contribution < 1.29 is 13.2 Å². The summed E-state index contributed by atoms with van der Waals surface area (Å²) in [5, 5.41) is 6.45. The highest BCUT2D eigenvalue weighted by Gasteiger charge is 2.27. The van der Waals surface area contributed by atoms with E-state index in [9.17, 15) is 8.42 Å². The second-order valence-electron chi connectivity index (χ2n) is 6.09. The van der Waals surface area contributed by atoms with Gasteiger partial charge in [-0.1, -0.05) is 6.42 Å². The number of hydrogen-bond donors (Lipinski definition) is 2. The van der Waals surface area contributed by atoms with Gasteiger partial charge in [-0.2, -0.15) is 4.31 Å². The Bertz CT molecular complexity index is 667. The maximum absolute atomic E-state index is 12.7. The molecule has 1 aliphatic heterocycles. The van der Waals surface area contributed by atoms with Crippen LogP contribution in [0.15, 0.2) is 21.3 Å². The molecule has 1 aromatic rings. The molecule has 0 aromatic carbocycles. The SMILES string of the molecule is CCOCCCNC(=NC)NCc1ccc(S(=O)(=O)N2CCCCC2)s1. The Balaban J connectivity index is 1.83. The average Bonchev–Trinajstić information content (AvgIpc) is 3.14. The number of thiophene rings is 1. The van der Waals surface area contributed by atoms with Crippen LogP contribution in [0.2, 0.25) is 0 Å². The number of rotatable bonds is 9. The van der Waals surface area contributed by atoms with Gasteiger partial charge in [-0.15, -0.1) is 11.3 Å². The fourth-order valence-corrected chi connectivity index (χ4v) is 5.71. The zero-order valence-corrected chi connectivity index (χ0v) is 17.3.